The minimum absolute atomic E-state index is 0.122. The molecule has 5 rings (SSSR count). The number of allylic oxidation sites excluding steroid dienone is 1. The lowest BCUT2D eigenvalue weighted by atomic mass is 10.0. The number of methoxy groups -OCH3 is 1. The lowest BCUT2D eigenvalue weighted by molar-refractivity contribution is -0.124. The van der Waals surface area contributed by atoms with Crippen LogP contribution in [0.3, 0.4) is 0 Å². The van der Waals surface area contributed by atoms with Gasteiger partial charge in [0.1, 0.15) is 11.7 Å². The number of hydrogen-bond donors (Lipinski definition) is 3. The van der Waals surface area contributed by atoms with E-state index in [0.29, 0.717) is 35.7 Å². The lowest BCUT2D eigenvalue weighted by Gasteiger charge is -2.36. The number of nitrogens with one attached hydrogen (secondary N) is 2. The largest absolute Gasteiger partial charge is 0.387 e. The number of pyridine rings is 1. The summed E-state index contributed by atoms with van der Waals surface area (Å²) in [6.07, 6.45) is 4.47. The molecule has 2 aliphatic rings. The van der Waals surface area contributed by atoms with Crippen LogP contribution >= 0.6 is 0 Å². The average molecular weight is 548 g/mol. The minimum atomic E-state index is -0.676. The number of piperazine rings is 1. The van der Waals surface area contributed by atoms with E-state index in [2.05, 4.69) is 42.4 Å². The van der Waals surface area contributed by atoms with E-state index in [9.17, 15) is 9.90 Å². The Bertz CT molecular complexity index is 1390. The van der Waals surface area contributed by atoms with Gasteiger partial charge in [-0.05, 0) is 49.7 Å². The van der Waals surface area contributed by atoms with E-state index >= 15 is 4.39 Å². The molecule has 1 saturated heterocycles. The molecule has 11 heteroatoms. The summed E-state index contributed by atoms with van der Waals surface area (Å²) in [5.74, 6) is -0.448. The van der Waals surface area contributed by atoms with Gasteiger partial charge in [0.2, 0.25) is 11.9 Å². The Labute approximate surface area is 232 Å². The Morgan fingerprint density at radius 2 is 1.95 bits per heavy atom. The molecule has 3 N–H and O–H groups in total. The highest BCUT2D eigenvalue weighted by atomic mass is 19.1. The molecule has 0 saturated carbocycles. The lowest BCUT2D eigenvalue weighted by Crippen LogP contribution is -2.54. The highest BCUT2D eigenvalue weighted by Crippen LogP contribution is 2.37. The predicted octanol–water partition coefficient (Wildman–Crippen LogP) is 3.00. The molecule has 1 aliphatic carbocycles. The van der Waals surface area contributed by atoms with E-state index in [4.69, 9.17) is 4.74 Å². The van der Waals surface area contributed by atoms with Crippen LogP contribution in [0.5, 0.6) is 0 Å². The summed E-state index contributed by atoms with van der Waals surface area (Å²) in [6, 6.07) is 8.67. The summed E-state index contributed by atoms with van der Waals surface area (Å²) in [6.45, 7) is 5.31. The highest BCUT2D eigenvalue weighted by molar-refractivity contribution is 5.97. The van der Waals surface area contributed by atoms with Crippen molar-refractivity contribution in [1.29, 1.82) is 0 Å². The first kappa shape index (κ1) is 27.8. The first-order chi connectivity index (χ1) is 19.3. The molecule has 2 atom stereocenters. The topological polar surface area (TPSA) is 116 Å². The molecule has 10 nitrogen and oxygen atoms in total. The first-order valence-corrected chi connectivity index (χ1v) is 13.3. The maximum Gasteiger partial charge on any atom is 0.244 e. The van der Waals surface area contributed by atoms with E-state index in [0.717, 1.165) is 43.5 Å². The molecular weight excluding hydrogens is 513 g/mol. The van der Waals surface area contributed by atoms with Crippen LogP contribution < -0.4 is 10.6 Å². The molecule has 0 unspecified atom stereocenters. The SMILES string of the molecule is COC[C@H](C(=O)Nc1cccc2c1CC=C2c1nc(Nc2ccc([C@@H](C)O)nc2)ncc1F)N1CCN(C)CC1. The van der Waals surface area contributed by atoms with E-state index < -0.39 is 18.0 Å². The fraction of sp³-hybridized carbons (Fsp3) is 0.379. The van der Waals surface area contributed by atoms with E-state index in [1.807, 2.05) is 24.3 Å². The van der Waals surface area contributed by atoms with Crippen molar-refractivity contribution >= 4 is 28.8 Å². The van der Waals surface area contributed by atoms with Crippen molar-refractivity contribution < 1.29 is 19.0 Å². The normalized spacial score (nSPS) is 17.2. The number of fused-ring (bicyclic) bond motifs is 1. The Hall–Kier alpha value is -3.77. The third kappa shape index (κ3) is 6.02. The second kappa shape index (κ2) is 12.2. The molecule has 2 aromatic heterocycles. The van der Waals surface area contributed by atoms with E-state index in [1.165, 1.54) is 0 Å². The quantitative estimate of drug-likeness (QED) is 0.372. The summed E-state index contributed by atoms with van der Waals surface area (Å²) in [5.41, 5.74) is 4.38. The van der Waals surface area contributed by atoms with Gasteiger partial charge in [0.15, 0.2) is 5.82 Å². The second-order valence-electron chi connectivity index (χ2n) is 10.1. The van der Waals surface area contributed by atoms with Crippen LogP contribution in [0.1, 0.15) is 35.5 Å². The van der Waals surface area contributed by atoms with E-state index in [-0.39, 0.29) is 17.5 Å². The third-order valence-corrected chi connectivity index (χ3v) is 7.31. The fourth-order valence-electron chi connectivity index (χ4n) is 5.04. The van der Waals surface area contributed by atoms with Crippen molar-refractivity contribution in [3.63, 3.8) is 0 Å². The molecule has 0 radical (unpaired) electrons. The molecule has 1 aromatic carbocycles. The van der Waals surface area contributed by atoms with Gasteiger partial charge in [-0.1, -0.05) is 18.2 Å². The third-order valence-electron chi connectivity index (χ3n) is 7.31. The van der Waals surface area contributed by atoms with Crippen LogP contribution in [0.4, 0.5) is 21.7 Å². The Morgan fingerprint density at radius 1 is 1.15 bits per heavy atom. The zero-order valence-electron chi connectivity index (χ0n) is 22.9. The summed E-state index contributed by atoms with van der Waals surface area (Å²) in [5, 5.41) is 15.8. The van der Waals surface area contributed by atoms with Gasteiger partial charge < -0.3 is 25.4 Å². The Morgan fingerprint density at radius 3 is 2.65 bits per heavy atom. The Balaban J connectivity index is 1.35. The van der Waals surface area contributed by atoms with Gasteiger partial charge in [0.25, 0.3) is 0 Å². The highest BCUT2D eigenvalue weighted by Gasteiger charge is 2.30. The van der Waals surface area contributed by atoms with Crippen molar-refractivity contribution in [3.8, 4) is 0 Å². The number of benzene rings is 1. The number of ether oxygens (including phenoxy) is 1. The first-order valence-electron chi connectivity index (χ1n) is 13.3. The standard InChI is InChI=1S/C29H34FN7O3/c1-18(38)24-10-7-19(15-31-24)33-29-32-16-23(30)27(35-29)22-9-8-21-20(22)5-4-6-25(21)34-28(39)26(17-40-3)37-13-11-36(2)12-14-37/h4-7,9-10,15-16,18,26,38H,8,11-14,17H2,1-3H3,(H,34,39)(H,32,33,35)/t18-,26-/m1/s1. The number of aliphatic hydroxyl groups excluding tert-OH is 1. The molecule has 1 fully saturated rings. The zero-order valence-corrected chi connectivity index (χ0v) is 22.9. The van der Waals surface area contributed by atoms with Gasteiger partial charge in [-0.15, -0.1) is 0 Å². The summed E-state index contributed by atoms with van der Waals surface area (Å²) < 4.78 is 20.4. The molecule has 3 heterocycles. The Kier molecular flexibility index (Phi) is 8.46. The number of carbonyl (C=O) groups is 1. The maximum absolute atomic E-state index is 15.0. The zero-order chi connectivity index (χ0) is 28.2. The number of amides is 1. The molecule has 0 bridgehead atoms. The molecule has 3 aromatic rings. The van der Waals surface area contributed by atoms with Crippen LogP contribution in [0.2, 0.25) is 0 Å². The summed E-state index contributed by atoms with van der Waals surface area (Å²) in [4.78, 5) is 30.5. The van der Waals surface area contributed by atoms with Gasteiger partial charge in [0, 0.05) is 44.5 Å². The molecule has 40 heavy (non-hydrogen) atoms. The van der Waals surface area contributed by atoms with Gasteiger partial charge in [-0.2, -0.15) is 0 Å². The van der Waals surface area contributed by atoms with Gasteiger partial charge in [-0.3, -0.25) is 14.7 Å². The van der Waals surface area contributed by atoms with Gasteiger partial charge in [-0.25, -0.2) is 14.4 Å². The van der Waals surface area contributed by atoms with Crippen LogP contribution in [0.25, 0.3) is 5.57 Å². The fourth-order valence-corrected chi connectivity index (χ4v) is 5.04. The number of anilines is 3. The van der Waals surface area contributed by atoms with Gasteiger partial charge >= 0.3 is 0 Å². The monoisotopic (exact) mass is 547 g/mol. The number of hydrogen-bond acceptors (Lipinski definition) is 9. The van der Waals surface area contributed by atoms with Crippen LogP contribution in [-0.2, 0) is 16.0 Å². The van der Waals surface area contributed by atoms with Crippen LogP contribution in [-0.4, -0.2) is 88.8 Å². The second-order valence-corrected chi connectivity index (χ2v) is 10.1. The van der Waals surface area contributed by atoms with Gasteiger partial charge in [0.05, 0.1) is 36.5 Å². The van der Waals surface area contributed by atoms with Crippen molar-refractivity contribution in [3.05, 3.63) is 77.1 Å². The van der Waals surface area contributed by atoms with Crippen molar-refractivity contribution in [2.45, 2.75) is 25.5 Å². The molecule has 1 amide bonds. The van der Waals surface area contributed by atoms with Crippen molar-refractivity contribution in [2.24, 2.45) is 0 Å². The smallest absolute Gasteiger partial charge is 0.244 e. The maximum atomic E-state index is 15.0. The van der Waals surface area contributed by atoms with Crippen molar-refractivity contribution in [1.82, 2.24) is 24.8 Å². The average Bonchev–Trinajstić information content (AvgIpc) is 3.38. The number of aromatic nitrogens is 3. The number of carbonyl (C=O) groups excluding carboxylic acids is 1. The number of nitrogens with zero attached hydrogens (tertiary/aromatic N) is 5. The summed E-state index contributed by atoms with van der Waals surface area (Å²) >= 11 is 0. The summed E-state index contributed by atoms with van der Waals surface area (Å²) in [7, 11) is 3.68. The number of rotatable bonds is 9. The predicted molar refractivity (Wildman–Crippen MR) is 151 cm³/mol. The van der Waals surface area contributed by atoms with E-state index in [1.54, 1.807) is 32.4 Å². The number of aliphatic hydroxyl groups is 1. The van der Waals surface area contributed by atoms with Crippen LogP contribution in [0, 0.1) is 5.82 Å². The molecular formula is C29H34FN7O3. The molecule has 0 spiro atoms. The minimum Gasteiger partial charge on any atom is -0.387 e. The van der Waals surface area contributed by atoms with Crippen LogP contribution in [0.15, 0.2) is 48.8 Å². The number of halogens is 1. The molecule has 210 valence electrons. The molecule has 1 aliphatic heterocycles. The van der Waals surface area contributed by atoms with Crippen molar-refractivity contribution in [2.75, 3.05) is 57.6 Å². The number of likely N-dealkylation sites (N-methyl/N-ethyl adjacent to an activating group) is 1.